The van der Waals surface area contributed by atoms with Crippen LogP contribution in [0.3, 0.4) is 0 Å². The number of benzene rings is 2. The molecular weight excluding hydrogens is 386 g/mol. The van der Waals surface area contributed by atoms with E-state index in [0.717, 1.165) is 4.90 Å². The van der Waals surface area contributed by atoms with Crippen LogP contribution in [0.5, 0.6) is 11.5 Å². The molecule has 2 aliphatic heterocycles. The molecule has 2 aromatic carbocycles. The lowest BCUT2D eigenvalue weighted by Gasteiger charge is -2.22. The lowest BCUT2D eigenvalue weighted by molar-refractivity contribution is -0.149. The van der Waals surface area contributed by atoms with Gasteiger partial charge >= 0.3 is 5.97 Å². The molecule has 0 unspecified atom stereocenters. The van der Waals surface area contributed by atoms with Gasteiger partial charge in [0, 0.05) is 0 Å². The second kappa shape index (κ2) is 7.16. The summed E-state index contributed by atoms with van der Waals surface area (Å²) in [6, 6.07) is 8.70. The largest absolute Gasteiger partial charge is 0.486 e. The highest BCUT2D eigenvalue weighted by Crippen LogP contribution is 2.38. The fourth-order valence-electron chi connectivity index (χ4n) is 3.19. The van der Waals surface area contributed by atoms with Gasteiger partial charge in [-0.05, 0) is 36.8 Å². The molecule has 8 heteroatoms. The van der Waals surface area contributed by atoms with E-state index < -0.39 is 23.8 Å². The quantitative estimate of drug-likeness (QED) is 0.578. The molecule has 0 saturated heterocycles. The zero-order chi connectivity index (χ0) is 19.8. The lowest BCUT2D eigenvalue weighted by atomic mass is 10.1. The van der Waals surface area contributed by atoms with Gasteiger partial charge in [-0.15, -0.1) is 0 Å². The van der Waals surface area contributed by atoms with E-state index >= 15 is 0 Å². The first-order valence-electron chi connectivity index (χ1n) is 8.69. The molecule has 144 valence electrons. The van der Waals surface area contributed by atoms with E-state index in [9.17, 15) is 14.4 Å². The smallest absolute Gasteiger partial charge is 0.329 e. The minimum absolute atomic E-state index is 0.0807. The van der Waals surface area contributed by atoms with Crippen molar-refractivity contribution in [3.8, 4) is 11.5 Å². The Morgan fingerprint density at radius 2 is 1.79 bits per heavy atom. The van der Waals surface area contributed by atoms with E-state index in [4.69, 9.17) is 25.8 Å². The van der Waals surface area contributed by atoms with E-state index in [0.29, 0.717) is 35.3 Å². The molecule has 28 heavy (non-hydrogen) atoms. The Labute approximate surface area is 165 Å². The molecule has 2 aromatic rings. The first kappa shape index (κ1) is 18.3. The van der Waals surface area contributed by atoms with Gasteiger partial charge in [-0.25, -0.2) is 4.79 Å². The normalized spacial score (nSPS) is 16.0. The first-order chi connectivity index (χ1) is 13.5. The van der Waals surface area contributed by atoms with E-state index in [2.05, 4.69) is 0 Å². The minimum atomic E-state index is -1.06. The number of esters is 1. The zero-order valence-corrected chi connectivity index (χ0v) is 15.7. The predicted octanol–water partition coefficient (Wildman–Crippen LogP) is 2.84. The Balaban J connectivity index is 1.45. The van der Waals surface area contributed by atoms with Crippen LogP contribution in [0.1, 0.15) is 33.2 Å². The van der Waals surface area contributed by atoms with Gasteiger partial charge in [-0.3, -0.25) is 14.5 Å². The fourth-order valence-corrected chi connectivity index (χ4v) is 3.48. The van der Waals surface area contributed by atoms with Crippen molar-refractivity contribution in [2.75, 3.05) is 13.2 Å². The van der Waals surface area contributed by atoms with Crippen molar-refractivity contribution in [1.82, 2.24) is 4.90 Å². The number of carbonyl (C=O) groups is 3. The van der Waals surface area contributed by atoms with Crippen LogP contribution in [0.15, 0.2) is 36.4 Å². The average molecular weight is 402 g/mol. The van der Waals surface area contributed by atoms with E-state index in [1.54, 1.807) is 36.4 Å². The molecule has 2 heterocycles. The van der Waals surface area contributed by atoms with Crippen molar-refractivity contribution in [3.05, 3.63) is 58.1 Å². The van der Waals surface area contributed by atoms with Crippen molar-refractivity contribution in [2.24, 2.45) is 0 Å². The topological polar surface area (TPSA) is 82.1 Å². The second-order valence-corrected chi connectivity index (χ2v) is 6.82. The van der Waals surface area contributed by atoms with Gasteiger partial charge in [-0.2, -0.15) is 0 Å². The van der Waals surface area contributed by atoms with Gasteiger partial charge < -0.3 is 14.2 Å². The first-order valence-corrected chi connectivity index (χ1v) is 9.06. The van der Waals surface area contributed by atoms with Crippen LogP contribution in [0.2, 0.25) is 5.02 Å². The number of halogens is 1. The zero-order valence-electron chi connectivity index (χ0n) is 14.9. The van der Waals surface area contributed by atoms with Gasteiger partial charge in [0.2, 0.25) is 0 Å². The lowest BCUT2D eigenvalue weighted by Crippen LogP contribution is -2.43. The Morgan fingerprint density at radius 3 is 2.46 bits per heavy atom. The third-order valence-corrected chi connectivity index (χ3v) is 4.87. The number of imide groups is 1. The van der Waals surface area contributed by atoms with Gasteiger partial charge in [0.05, 0.1) is 16.1 Å². The van der Waals surface area contributed by atoms with E-state index in [1.807, 2.05) is 0 Å². The Hall–Kier alpha value is -3.06. The summed E-state index contributed by atoms with van der Waals surface area (Å²) in [5.41, 5.74) is 1.17. The molecule has 0 aliphatic carbocycles. The maximum Gasteiger partial charge on any atom is 0.329 e. The molecule has 0 fully saturated rings. The van der Waals surface area contributed by atoms with Crippen LogP contribution in [0, 0.1) is 0 Å². The SMILES string of the molecule is C[C@H](C(=O)OCc1cc(Cl)c2c(c1)OCCO2)N1C(=O)c2ccccc2C1=O. The number of carbonyl (C=O) groups excluding carboxylic acids is 3. The standard InChI is InChI=1S/C20H16ClNO6/c1-11(22-18(23)13-4-2-3-5-14(13)19(22)24)20(25)28-10-12-8-15(21)17-16(9-12)26-6-7-27-17/h2-5,8-9,11H,6-7,10H2,1H3/t11-/m1/s1. The number of hydrogen-bond acceptors (Lipinski definition) is 6. The molecule has 0 saturated carbocycles. The van der Waals surface area contributed by atoms with Crippen molar-refractivity contribution >= 4 is 29.4 Å². The maximum atomic E-state index is 12.5. The Kier molecular flexibility index (Phi) is 4.68. The fraction of sp³-hybridized carbons (Fsp3) is 0.250. The highest BCUT2D eigenvalue weighted by atomic mass is 35.5. The predicted molar refractivity (Wildman–Crippen MR) is 98.6 cm³/mol. The van der Waals surface area contributed by atoms with Crippen molar-refractivity contribution in [2.45, 2.75) is 19.6 Å². The van der Waals surface area contributed by atoms with Crippen LogP contribution in [0.25, 0.3) is 0 Å². The van der Waals surface area contributed by atoms with E-state index in [1.165, 1.54) is 6.92 Å². The van der Waals surface area contributed by atoms with Crippen LogP contribution in [-0.4, -0.2) is 41.9 Å². The van der Waals surface area contributed by atoms with Crippen molar-refractivity contribution in [3.63, 3.8) is 0 Å². The third kappa shape index (κ3) is 3.07. The van der Waals surface area contributed by atoms with Crippen LogP contribution < -0.4 is 9.47 Å². The number of hydrogen-bond donors (Lipinski definition) is 0. The number of nitrogens with zero attached hydrogens (tertiary/aromatic N) is 1. The number of rotatable bonds is 4. The van der Waals surface area contributed by atoms with Gasteiger partial charge in [-0.1, -0.05) is 23.7 Å². The summed E-state index contributed by atoms with van der Waals surface area (Å²) in [7, 11) is 0. The van der Waals surface area contributed by atoms with Crippen LogP contribution in [-0.2, 0) is 16.1 Å². The monoisotopic (exact) mass is 401 g/mol. The summed E-state index contributed by atoms with van der Waals surface area (Å²) in [6.07, 6.45) is 0. The molecular formula is C20H16ClNO6. The van der Waals surface area contributed by atoms with Gasteiger partial charge in [0.25, 0.3) is 11.8 Å². The minimum Gasteiger partial charge on any atom is -0.486 e. The Morgan fingerprint density at radius 1 is 1.14 bits per heavy atom. The summed E-state index contributed by atoms with van der Waals surface area (Å²) in [4.78, 5) is 38.3. The molecule has 4 rings (SSSR count). The summed E-state index contributed by atoms with van der Waals surface area (Å²) in [5, 5.41) is 0.358. The van der Waals surface area contributed by atoms with E-state index in [-0.39, 0.29) is 17.7 Å². The number of ether oxygens (including phenoxy) is 3. The van der Waals surface area contributed by atoms with Gasteiger partial charge in [0.15, 0.2) is 11.5 Å². The average Bonchev–Trinajstić information content (AvgIpc) is 2.96. The summed E-state index contributed by atoms with van der Waals surface area (Å²) < 4.78 is 16.2. The summed E-state index contributed by atoms with van der Waals surface area (Å²) in [6.45, 7) is 2.20. The van der Waals surface area contributed by atoms with Crippen LogP contribution >= 0.6 is 11.6 Å². The molecule has 1 atom stereocenters. The van der Waals surface area contributed by atoms with Crippen molar-refractivity contribution in [1.29, 1.82) is 0 Å². The van der Waals surface area contributed by atoms with Crippen molar-refractivity contribution < 1.29 is 28.6 Å². The number of amides is 2. The molecule has 0 bridgehead atoms. The highest BCUT2D eigenvalue weighted by molar-refractivity contribution is 6.32. The molecule has 0 spiro atoms. The van der Waals surface area contributed by atoms with Gasteiger partial charge in [0.1, 0.15) is 25.9 Å². The molecule has 0 N–H and O–H groups in total. The molecule has 0 radical (unpaired) electrons. The summed E-state index contributed by atoms with van der Waals surface area (Å²) in [5.74, 6) is -0.763. The second-order valence-electron chi connectivity index (χ2n) is 6.41. The third-order valence-electron chi connectivity index (χ3n) is 4.59. The maximum absolute atomic E-state index is 12.5. The molecule has 2 aliphatic rings. The highest BCUT2D eigenvalue weighted by Gasteiger charge is 2.41. The summed E-state index contributed by atoms with van der Waals surface area (Å²) >= 11 is 6.18. The Bertz CT molecular complexity index is 954. The van der Waals surface area contributed by atoms with Crippen LogP contribution in [0.4, 0.5) is 0 Å². The molecule has 0 aromatic heterocycles. The number of fused-ring (bicyclic) bond motifs is 2. The molecule has 7 nitrogen and oxygen atoms in total. The molecule has 2 amide bonds.